The van der Waals surface area contributed by atoms with E-state index in [-0.39, 0.29) is 10.8 Å². The van der Waals surface area contributed by atoms with Gasteiger partial charge in [0, 0.05) is 17.8 Å². The Bertz CT molecular complexity index is 1270. The molecule has 6 nitrogen and oxygen atoms in total. The highest BCUT2D eigenvalue weighted by Crippen LogP contribution is 2.32. The standard InChI is InChI=1S/C24H23FN2O4S/c1-16-5-12-23(31-2)21(14-16)26-32(29,30)20-10-11-22-18(15-20)4-3-13-27(22)24(28)17-6-8-19(25)9-7-17/h5-12,14-15,26H,3-4,13H2,1-2H3. The zero-order valence-electron chi connectivity index (χ0n) is 17.8. The van der Waals surface area contributed by atoms with Crippen LogP contribution in [-0.2, 0) is 16.4 Å². The van der Waals surface area contributed by atoms with Gasteiger partial charge in [0.15, 0.2) is 0 Å². The van der Waals surface area contributed by atoms with E-state index in [1.165, 1.54) is 37.4 Å². The quantitative estimate of drug-likeness (QED) is 0.614. The highest BCUT2D eigenvalue weighted by atomic mass is 32.2. The first-order chi connectivity index (χ1) is 15.3. The van der Waals surface area contributed by atoms with E-state index in [0.717, 1.165) is 11.1 Å². The summed E-state index contributed by atoms with van der Waals surface area (Å²) >= 11 is 0. The number of benzene rings is 3. The Morgan fingerprint density at radius 3 is 2.53 bits per heavy atom. The second-order valence-corrected chi connectivity index (χ2v) is 9.35. The third kappa shape index (κ3) is 4.31. The molecule has 0 spiro atoms. The molecule has 8 heteroatoms. The van der Waals surface area contributed by atoms with Crippen LogP contribution in [0.4, 0.5) is 15.8 Å². The minimum absolute atomic E-state index is 0.107. The van der Waals surface area contributed by atoms with Gasteiger partial charge in [-0.15, -0.1) is 0 Å². The van der Waals surface area contributed by atoms with Crippen LogP contribution in [0.2, 0.25) is 0 Å². The second kappa shape index (κ2) is 8.63. The van der Waals surface area contributed by atoms with Gasteiger partial charge >= 0.3 is 0 Å². The fraction of sp³-hybridized carbons (Fsp3) is 0.208. The summed E-state index contributed by atoms with van der Waals surface area (Å²) in [5.74, 6) is -0.231. The maximum atomic E-state index is 13.2. The third-order valence-electron chi connectivity index (χ3n) is 5.42. The Morgan fingerprint density at radius 2 is 1.81 bits per heavy atom. The topological polar surface area (TPSA) is 75.7 Å². The molecule has 1 N–H and O–H groups in total. The minimum Gasteiger partial charge on any atom is -0.495 e. The van der Waals surface area contributed by atoms with E-state index in [2.05, 4.69) is 4.72 Å². The maximum Gasteiger partial charge on any atom is 0.262 e. The number of carbonyl (C=O) groups is 1. The van der Waals surface area contributed by atoms with Crippen molar-refractivity contribution in [2.24, 2.45) is 0 Å². The van der Waals surface area contributed by atoms with Crippen LogP contribution in [-0.4, -0.2) is 28.0 Å². The van der Waals surface area contributed by atoms with Crippen molar-refractivity contribution < 1.29 is 22.3 Å². The molecule has 0 aromatic heterocycles. The molecule has 0 bridgehead atoms. The Labute approximate surface area is 186 Å². The monoisotopic (exact) mass is 454 g/mol. The van der Waals surface area contributed by atoms with Crippen LogP contribution in [0.1, 0.15) is 27.9 Å². The SMILES string of the molecule is COc1ccc(C)cc1NS(=O)(=O)c1ccc2c(c1)CCCN2C(=O)c1ccc(F)cc1. The second-order valence-electron chi connectivity index (χ2n) is 7.67. The van der Waals surface area contributed by atoms with Crippen LogP contribution < -0.4 is 14.4 Å². The zero-order chi connectivity index (χ0) is 22.9. The van der Waals surface area contributed by atoms with Gasteiger partial charge in [-0.05, 0) is 85.5 Å². The number of fused-ring (bicyclic) bond motifs is 1. The summed E-state index contributed by atoms with van der Waals surface area (Å²) in [7, 11) is -2.39. The number of nitrogens with zero attached hydrogens (tertiary/aromatic N) is 1. The molecule has 32 heavy (non-hydrogen) atoms. The van der Waals surface area contributed by atoms with E-state index in [1.807, 2.05) is 13.0 Å². The third-order valence-corrected chi connectivity index (χ3v) is 6.78. The van der Waals surface area contributed by atoms with Crippen molar-refractivity contribution in [1.29, 1.82) is 0 Å². The number of amides is 1. The fourth-order valence-corrected chi connectivity index (χ4v) is 4.92. The summed E-state index contributed by atoms with van der Waals surface area (Å²) < 4.78 is 47.2. The van der Waals surface area contributed by atoms with Crippen LogP contribution >= 0.6 is 0 Å². The zero-order valence-corrected chi connectivity index (χ0v) is 18.6. The van der Waals surface area contributed by atoms with E-state index in [0.29, 0.717) is 42.1 Å². The van der Waals surface area contributed by atoms with Gasteiger partial charge in [0.05, 0.1) is 17.7 Å². The largest absolute Gasteiger partial charge is 0.495 e. The van der Waals surface area contributed by atoms with Crippen molar-refractivity contribution in [1.82, 2.24) is 0 Å². The number of sulfonamides is 1. The van der Waals surface area contributed by atoms with Crippen molar-refractivity contribution >= 4 is 27.3 Å². The summed E-state index contributed by atoms with van der Waals surface area (Å²) in [5, 5.41) is 0. The fourth-order valence-electron chi connectivity index (χ4n) is 3.81. The van der Waals surface area contributed by atoms with Crippen LogP contribution in [0, 0.1) is 12.7 Å². The molecule has 1 amide bonds. The van der Waals surface area contributed by atoms with Crippen LogP contribution in [0.15, 0.2) is 65.6 Å². The summed E-state index contributed by atoms with van der Waals surface area (Å²) in [6, 6.07) is 15.4. The summed E-state index contributed by atoms with van der Waals surface area (Å²) in [6.07, 6.45) is 1.35. The van der Waals surface area contributed by atoms with Crippen molar-refractivity contribution in [2.75, 3.05) is 23.3 Å². The van der Waals surface area contributed by atoms with Gasteiger partial charge in [-0.1, -0.05) is 6.07 Å². The van der Waals surface area contributed by atoms with E-state index in [4.69, 9.17) is 4.74 Å². The number of aryl methyl sites for hydroxylation is 2. The first kappa shape index (κ1) is 21.8. The van der Waals surface area contributed by atoms with E-state index < -0.39 is 15.8 Å². The number of carbonyl (C=O) groups excluding carboxylic acids is 1. The Kier molecular flexibility index (Phi) is 5.88. The number of hydrogen-bond donors (Lipinski definition) is 1. The lowest BCUT2D eigenvalue weighted by Crippen LogP contribution is -2.35. The number of ether oxygens (including phenoxy) is 1. The normalized spacial score (nSPS) is 13.4. The molecule has 1 heterocycles. The van der Waals surface area contributed by atoms with E-state index in [9.17, 15) is 17.6 Å². The lowest BCUT2D eigenvalue weighted by molar-refractivity contribution is 0.0985. The van der Waals surface area contributed by atoms with Gasteiger partial charge < -0.3 is 9.64 Å². The van der Waals surface area contributed by atoms with E-state index in [1.54, 1.807) is 29.2 Å². The van der Waals surface area contributed by atoms with Crippen LogP contribution in [0.25, 0.3) is 0 Å². The summed E-state index contributed by atoms with van der Waals surface area (Å²) in [4.78, 5) is 14.7. The van der Waals surface area contributed by atoms with Crippen molar-refractivity contribution in [3.8, 4) is 5.75 Å². The molecule has 0 aliphatic carbocycles. The molecule has 0 radical (unpaired) electrons. The van der Waals surface area contributed by atoms with Crippen molar-refractivity contribution in [3.63, 3.8) is 0 Å². The maximum absolute atomic E-state index is 13.2. The molecule has 4 rings (SSSR count). The van der Waals surface area contributed by atoms with Gasteiger partial charge in [-0.2, -0.15) is 0 Å². The highest BCUT2D eigenvalue weighted by molar-refractivity contribution is 7.92. The number of nitrogens with one attached hydrogen (secondary N) is 1. The van der Waals surface area contributed by atoms with Crippen LogP contribution in [0.3, 0.4) is 0 Å². The smallest absolute Gasteiger partial charge is 0.262 e. The highest BCUT2D eigenvalue weighted by Gasteiger charge is 2.26. The van der Waals surface area contributed by atoms with E-state index >= 15 is 0 Å². The average Bonchev–Trinajstić information content (AvgIpc) is 2.78. The lowest BCUT2D eigenvalue weighted by Gasteiger charge is -2.30. The summed E-state index contributed by atoms with van der Waals surface area (Å²) in [6.45, 7) is 2.37. The Morgan fingerprint density at radius 1 is 1.06 bits per heavy atom. The molecule has 0 saturated carbocycles. The van der Waals surface area contributed by atoms with Crippen molar-refractivity contribution in [3.05, 3.63) is 83.2 Å². The molecule has 0 unspecified atom stereocenters. The van der Waals surface area contributed by atoms with Gasteiger partial charge in [-0.25, -0.2) is 12.8 Å². The molecule has 166 valence electrons. The first-order valence-corrected chi connectivity index (χ1v) is 11.6. The van der Waals surface area contributed by atoms with Crippen molar-refractivity contribution in [2.45, 2.75) is 24.7 Å². The predicted molar refractivity (Wildman–Crippen MR) is 121 cm³/mol. The predicted octanol–water partition coefficient (Wildman–Crippen LogP) is 4.54. The molecule has 3 aromatic rings. The molecule has 3 aromatic carbocycles. The van der Waals surface area contributed by atoms with Crippen LogP contribution in [0.5, 0.6) is 5.75 Å². The number of methoxy groups -OCH3 is 1. The lowest BCUT2D eigenvalue weighted by atomic mass is 10.0. The first-order valence-electron chi connectivity index (χ1n) is 10.2. The van der Waals surface area contributed by atoms with Gasteiger partial charge in [0.2, 0.25) is 0 Å². The number of hydrogen-bond acceptors (Lipinski definition) is 4. The van der Waals surface area contributed by atoms with Gasteiger partial charge in [-0.3, -0.25) is 9.52 Å². The Balaban J connectivity index is 1.64. The molecule has 1 aliphatic heterocycles. The molecular formula is C24H23FN2O4S. The molecule has 0 fully saturated rings. The van der Waals surface area contributed by atoms with Gasteiger partial charge in [0.25, 0.3) is 15.9 Å². The molecular weight excluding hydrogens is 431 g/mol. The molecule has 0 saturated heterocycles. The molecule has 0 atom stereocenters. The number of anilines is 2. The minimum atomic E-state index is -3.87. The summed E-state index contributed by atoms with van der Waals surface area (Å²) in [5.41, 5.74) is 3.06. The average molecular weight is 455 g/mol. The number of rotatable bonds is 5. The molecule has 1 aliphatic rings. The van der Waals surface area contributed by atoms with Gasteiger partial charge in [0.1, 0.15) is 11.6 Å². The Hall–Kier alpha value is -3.39. The number of halogens is 1.